The second-order valence-electron chi connectivity index (χ2n) is 6.91. The van der Waals surface area contributed by atoms with Gasteiger partial charge in [0.2, 0.25) is 0 Å². The molecule has 0 bridgehead atoms. The Bertz CT molecular complexity index is 729. The monoisotopic (exact) mass is 342 g/mol. The summed E-state index contributed by atoms with van der Waals surface area (Å²) in [7, 11) is 3.20. The number of esters is 1. The lowest BCUT2D eigenvalue weighted by molar-refractivity contribution is -0.134. The Morgan fingerprint density at radius 2 is 1.60 bits per heavy atom. The molecular formula is C21H26O4. The van der Waals surface area contributed by atoms with Gasteiger partial charge in [-0.1, -0.05) is 45.0 Å². The highest BCUT2D eigenvalue weighted by atomic mass is 16.5. The first-order valence-corrected chi connectivity index (χ1v) is 8.36. The third-order valence-corrected chi connectivity index (χ3v) is 3.98. The molecule has 0 aliphatic heterocycles. The van der Waals surface area contributed by atoms with E-state index in [9.17, 15) is 4.79 Å². The zero-order chi connectivity index (χ0) is 18.4. The molecule has 0 N–H and O–H groups in total. The van der Waals surface area contributed by atoms with E-state index in [1.807, 2.05) is 42.5 Å². The van der Waals surface area contributed by atoms with Crippen LogP contribution < -0.4 is 14.2 Å². The number of aryl methyl sites for hydroxylation is 1. The maximum absolute atomic E-state index is 12.3. The highest BCUT2D eigenvalue weighted by Crippen LogP contribution is 2.31. The SMILES string of the molecule is COc1ccc(CCC(=O)Oc2ccccc2C(C)(C)C)cc1OC. The quantitative estimate of drug-likeness (QED) is 0.571. The number of rotatable bonds is 6. The molecule has 0 unspecified atom stereocenters. The van der Waals surface area contributed by atoms with Crippen LogP contribution in [0.4, 0.5) is 0 Å². The first kappa shape index (κ1) is 18.8. The first-order chi connectivity index (χ1) is 11.8. The maximum atomic E-state index is 12.3. The number of carbonyl (C=O) groups excluding carboxylic acids is 1. The lowest BCUT2D eigenvalue weighted by Crippen LogP contribution is -2.16. The van der Waals surface area contributed by atoms with Crippen molar-refractivity contribution in [3.8, 4) is 17.2 Å². The molecule has 2 aromatic carbocycles. The molecule has 4 heteroatoms. The fourth-order valence-corrected chi connectivity index (χ4v) is 2.63. The van der Waals surface area contributed by atoms with Gasteiger partial charge < -0.3 is 14.2 Å². The second kappa shape index (κ2) is 8.06. The van der Waals surface area contributed by atoms with Crippen LogP contribution in [0.2, 0.25) is 0 Å². The minimum atomic E-state index is -0.244. The van der Waals surface area contributed by atoms with Crippen molar-refractivity contribution in [2.45, 2.75) is 39.0 Å². The van der Waals surface area contributed by atoms with Crippen molar-refractivity contribution >= 4 is 5.97 Å². The first-order valence-electron chi connectivity index (χ1n) is 8.36. The van der Waals surface area contributed by atoms with E-state index in [0.29, 0.717) is 30.1 Å². The predicted molar refractivity (Wildman–Crippen MR) is 98.6 cm³/mol. The number of methoxy groups -OCH3 is 2. The van der Waals surface area contributed by atoms with Gasteiger partial charge in [-0.05, 0) is 35.6 Å². The van der Waals surface area contributed by atoms with E-state index in [1.165, 1.54) is 0 Å². The van der Waals surface area contributed by atoms with E-state index in [2.05, 4.69) is 20.8 Å². The van der Waals surface area contributed by atoms with Crippen molar-refractivity contribution in [2.75, 3.05) is 14.2 Å². The van der Waals surface area contributed by atoms with Gasteiger partial charge in [-0.3, -0.25) is 4.79 Å². The summed E-state index contributed by atoms with van der Waals surface area (Å²) in [6.07, 6.45) is 0.880. The van der Waals surface area contributed by atoms with Crippen molar-refractivity contribution in [3.05, 3.63) is 53.6 Å². The summed E-state index contributed by atoms with van der Waals surface area (Å²) in [6.45, 7) is 6.30. The van der Waals surface area contributed by atoms with Crippen LogP contribution >= 0.6 is 0 Å². The number of para-hydroxylation sites is 1. The molecule has 0 aliphatic carbocycles. The van der Waals surface area contributed by atoms with Crippen molar-refractivity contribution < 1.29 is 19.0 Å². The molecule has 0 radical (unpaired) electrons. The maximum Gasteiger partial charge on any atom is 0.311 e. The van der Waals surface area contributed by atoms with Crippen LogP contribution in [-0.2, 0) is 16.6 Å². The van der Waals surface area contributed by atoms with Crippen LogP contribution in [0.1, 0.15) is 38.3 Å². The standard InChI is InChI=1S/C21H26O4/c1-21(2,3)16-8-6-7-9-17(16)25-20(22)13-11-15-10-12-18(23-4)19(14-15)24-5/h6-10,12,14H,11,13H2,1-5H3. The Kier molecular flexibility index (Phi) is 6.07. The van der Waals surface area contributed by atoms with Crippen LogP contribution in [0.5, 0.6) is 17.2 Å². The van der Waals surface area contributed by atoms with Crippen LogP contribution in [0.3, 0.4) is 0 Å². The molecule has 2 rings (SSSR count). The van der Waals surface area contributed by atoms with E-state index < -0.39 is 0 Å². The van der Waals surface area contributed by atoms with Crippen molar-refractivity contribution in [2.24, 2.45) is 0 Å². The van der Waals surface area contributed by atoms with Crippen molar-refractivity contribution in [1.82, 2.24) is 0 Å². The van der Waals surface area contributed by atoms with E-state index in [-0.39, 0.29) is 11.4 Å². The van der Waals surface area contributed by atoms with Gasteiger partial charge in [-0.15, -0.1) is 0 Å². The summed E-state index contributed by atoms with van der Waals surface area (Å²) in [4.78, 5) is 12.3. The Balaban J connectivity index is 2.03. The summed E-state index contributed by atoms with van der Waals surface area (Å²) >= 11 is 0. The molecule has 2 aromatic rings. The van der Waals surface area contributed by atoms with Gasteiger partial charge in [0.1, 0.15) is 5.75 Å². The second-order valence-corrected chi connectivity index (χ2v) is 6.91. The summed E-state index contributed by atoms with van der Waals surface area (Å²) in [5, 5.41) is 0. The fraction of sp³-hybridized carbons (Fsp3) is 0.381. The minimum absolute atomic E-state index is 0.0831. The average molecular weight is 342 g/mol. The normalized spacial score (nSPS) is 11.1. The molecule has 0 spiro atoms. The smallest absolute Gasteiger partial charge is 0.311 e. The summed E-state index contributed by atoms with van der Waals surface area (Å²) < 4.78 is 16.1. The molecule has 0 fully saturated rings. The fourth-order valence-electron chi connectivity index (χ4n) is 2.63. The molecule has 0 aliphatic rings. The van der Waals surface area contributed by atoms with Crippen LogP contribution in [0, 0.1) is 0 Å². The third-order valence-electron chi connectivity index (χ3n) is 3.98. The van der Waals surface area contributed by atoms with Gasteiger partial charge in [-0.2, -0.15) is 0 Å². The molecule has 0 aromatic heterocycles. The Labute approximate surface area is 149 Å². The topological polar surface area (TPSA) is 44.8 Å². The Morgan fingerprint density at radius 1 is 0.920 bits per heavy atom. The summed E-state index contributed by atoms with van der Waals surface area (Å²) in [5.74, 6) is 1.72. The molecule has 0 heterocycles. The minimum Gasteiger partial charge on any atom is -0.493 e. The highest BCUT2D eigenvalue weighted by molar-refractivity contribution is 5.73. The van der Waals surface area contributed by atoms with Crippen molar-refractivity contribution in [1.29, 1.82) is 0 Å². The Morgan fingerprint density at radius 3 is 2.24 bits per heavy atom. The van der Waals surface area contributed by atoms with Gasteiger partial charge in [0.25, 0.3) is 0 Å². The molecule has 0 atom stereocenters. The number of hydrogen-bond donors (Lipinski definition) is 0. The zero-order valence-corrected chi connectivity index (χ0v) is 15.6. The molecule has 134 valence electrons. The number of benzene rings is 2. The van der Waals surface area contributed by atoms with Crippen LogP contribution in [0.15, 0.2) is 42.5 Å². The van der Waals surface area contributed by atoms with Gasteiger partial charge in [0, 0.05) is 12.0 Å². The van der Waals surface area contributed by atoms with Crippen LogP contribution in [-0.4, -0.2) is 20.2 Å². The number of ether oxygens (including phenoxy) is 3. The predicted octanol–water partition coefficient (Wildman–Crippen LogP) is 4.54. The van der Waals surface area contributed by atoms with Gasteiger partial charge in [-0.25, -0.2) is 0 Å². The molecule has 0 saturated carbocycles. The van der Waals surface area contributed by atoms with Gasteiger partial charge >= 0.3 is 5.97 Å². The number of hydrogen-bond acceptors (Lipinski definition) is 4. The summed E-state index contributed by atoms with van der Waals surface area (Å²) in [5.41, 5.74) is 1.94. The van der Waals surface area contributed by atoms with Crippen molar-refractivity contribution in [3.63, 3.8) is 0 Å². The summed E-state index contributed by atoms with van der Waals surface area (Å²) in [6, 6.07) is 13.3. The number of carbonyl (C=O) groups is 1. The van der Waals surface area contributed by atoms with E-state index in [4.69, 9.17) is 14.2 Å². The molecule has 0 amide bonds. The van der Waals surface area contributed by atoms with E-state index >= 15 is 0 Å². The largest absolute Gasteiger partial charge is 0.493 e. The highest BCUT2D eigenvalue weighted by Gasteiger charge is 2.20. The zero-order valence-electron chi connectivity index (χ0n) is 15.6. The van der Waals surface area contributed by atoms with E-state index in [1.54, 1.807) is 14.2 Å². The molecular weight excluding hydrogens is 316 g/mol. The van der Waals surface area contributed by atoms with Gasteiger partial charge in [0.05, 0.1) is 14.2 Å². The van der Waals surface area contributed by atoms with Gasteiger partial charge in [0.15, 0.2) is 11.5 Å². The molecule has 4 nitrogen and oxygen atoms in total. The lowest BCUT2D eigenvalue weighted by atomic mass is 9.86. The Hall–Kier alpha value is -2.49. The molecule has 25 heavy (non-hydrogen) atoms. The van der Waals surface area contributed by atoms with E-state index in [0.717, 1.165) is 11.1 Å². The third kappa shape index (κ3) is 4.99. The van der Waals surface area contributed by atoms with Crippen LogP contribution in [0.25, 0.3) is 0 Å². The molecule has 0 saturated heterocycles. The lowest BCUT2D eigenvalue weighted by Gasteiger charge is -2.22. The average Bonchev–Trinajstić information content (AvgIpc) is 2.59.